The van der Waals surface area contributed by atoms with E-state index in [-0.39, 0.29) is 17.0 Å². The number of ether oxygens (including phenoxy) is 1. The molecule has 1 atom stereocenters. The third-order valence-corrected chi connectivity index (χ3v) is 6.32. The Labute approximate surface area is 188 Å². The molecule has 1 heterocycles. The van der Waals surface area contributed by atoms with Crippen LogP contribution in [0.3, 0.4) is 0 Å². The number of nitrogens with zero attached hydrogens (tertiary/aromatic N) is 4. The van der Waals surface area contributed by atoms with E-state index in [1.165, 1.54) is 17.3 Å². The van der Waals surface area contributed by atoms with Crippen LogP contribution in [0.15, 0.2) is 41.6 Å². The van der Waals surface area contributed by atoms with Crippen LogP contribution in [0.1, 0.15) is 73.5 Å². The zero-order chi connectivity index (χ0) is 22.7. The summed E-state index contributed by atoms with van der Waals surface area (Å²) in [5, 5.41) is 12.4. The first-order valence-electron chi connectivity index (χ1n) is 10.5. The molecule has 0 bridgehead atoms. The molecule has 31 heavy (non-hydrogen) atoms. The zero-order valence-electron chi connectivity index (χ0n) is 19.2. The van der Waals surface area contributed by atoms with Crippen molar-refractivity contribution in [2.24, 2.45) is 0 Å². The lowest BCUT2D eigenvalue weighted by Crippen LogP contribution is -2.17. The standard InChI is InChI=1S/C24H30N4O2S/c1-14(2)18-9-10-19(20(13-18)15(3)4)23(29)17(6)31-24-25-26-27-28(24)21-12-16(5)8-11-22(21)30-7/h8-15,17H,1-7H3. The SMILES string of the molecule is COc1ccc(C)cc1-n1nnnc1SC(C)C(=O)c1ccc(C(C)C)cc1C(C)C. The largest absolute Gasteiger partial charge is 0.494 e. The summed E-state index contributed by atoms with van der Waals surface area (Å²) in [4.78, 5) is 13.4. The van der Waals surface area contributed by atoms with E-state index < -0.39 is 0 Å². The summed E-state index contributed by atoms with van der Waals surface area (Å²) in [7, 11) is 1.62. The van der Waals surface area contributed by atoms with Gasteiger partial charge in [0.25, 0.3) is 0 Å². The van der Waals surface area contributed by atoms with Gasteiger partial charge in [-0.1, -0.05) is 63.7 Å². The van der Waals surface area contributed by atoms with Gasteiger partial charge in [0.05, 0.1) is 12.4 Å². The Hall–Kier alpha value is -2.67. The van der Waals surface area contributed by atoms with Crippen LogP contribution in [0.2, 0.25) is 0 Å². The number of carbonyl (C=O) groups is 1. The van der Waals surface area contributed by atoms with Crippen molar-refractivity contribution >= 4 is 17.5 Å². The average molecular weight is 439 g/mol. The number of hydrogen-bond donors (Lipinski definition) is 0. The van der Waals surface area contributed by atoms with Crippen molar-refractivity contribution in [1.29, 1.82) is 0 Å². The highest BCUT2D eigenvalue weighted by molar-refractivity contribution is 8.00. The highest BCUT2D eigenvalue weighted by atomic mass is 32.2. The van der Waals surface area contributed by atoms with Crippen molar-refractivity contribution in [1.82, 2.24) is 20.2 Å². The molecule has 0 radical (unpaired) electrons. The zero-order valence-corrected chi connectivity index (χ0v) is 20.0. The molecule has 1 aromatic heterocycles. The average Bonchev–Trinajstić information content (AvgIpc) is 3.20. The van der Waals surface area contributed by atoms with Gasteiger partial charge in [-0.25, -0.2) is 0 Å². The molecule has 0 N–H and O–H groups in total. The van der Waals surface area contributed by atoms with Gasteiger partial charge in [-0.15, -0.1) is 5.10 Å². The Kier molecular flexibility index (Phi) is 7.15. The molecule has 0 aliphatic rings. The second-order valence-electron chi connectivity index (χ2n) is 8.33. The number of tetrazole rings is 1. The molecule has 0 spiro atoms. The van der Waals surface area contributed by atoms with Gasteiger partial charge in [0.1, 0.15) is 11.4 Å². The van der Waals surface area contributed by atoms with Crippen LogP contribution in [0.5, 0.6) is 5.75 Å². The lowest BCUT2D eigenvalue weighted by atomic mass is 9.89. The second-order valence-corrected chi connectivity index (χ2v) is 9.64. The van der Waals surface area contributed by atoms with E-state index in [2.05, 4.69) is 55.4 Å². The van der Waals surface area contributed by atoms with Crippen molar-refractivity contribution in [2.75, 3.05) is 7.11 Å². The number of carbonyl (C=O) groups excluding carboxylic acids is 1. The van der Waals surface area contributed by atoms with Crippen LogP contribution in [0.25, 0.3) is 5.69 Å². The first-order chi connectivity index (χ1) is 14.7. The Morgan fingerprint density at radius 1 is 1.03 bits per heavy atom. The van der Waals surface area contributed by atoms with Gasteiger partial charge in [-0.05, 0) is 64.9 Å². The molecule has 1 unspecified atom stereocenters. The maximum atomic E-state index is 13.4. The third-order valence-electron chi connectivity index (χ3n) is 5.28. The fourth-order valence-corrected chi connectivity index (χ4v) is 4.31. The molecule has 3 rings (SSSR count). The molecule has 2 aromatic carbocycles. The number of hydrogen-bond acceptors (Lipinski definition) is 6. The Morgan fingerprint density at radius 3 is 2.42 bits per heavy atom. The lowest BCUT2D eigenvalue weighted by molar-refractivity contribution is 0.0992. The molecule has 164 valence electrons. The van der Waals surface area contributed by atoms with Gasteiger partial charge in [-0.3, -0.25) is 4.79 Å². The molecule has 0 amide bonds. The predicted octanol–water partition coefficient (Wildman–Crippen LogP) is 5.59. The summed E-state index contributed by atoms with van der Waals surface area (Å²) in [5.74, 6) is 1.43. The number of aryl methyl sites for hydroxylation is 1. The van der Waals surface area contributed by atoms with E-state index >= 15 is 0 Å². The van der Waals surface area contributed by atoms with E-state index in [9.17, 15) is 4.79 Å². The van der Waals surface area contributed by atoms with Crippen molar-refractivity contribution in [3.05, 3.63) is 58.7 Å². The molecule has 0 fully saturated rings. The maximum absolute atomic E-state index is 13.4. The minimum Gasteiger partial charge on any atom is -0.494 e. The molecular formula is C24H30N4O2S. The second kappa shape index (κ2) is 9.64. The molecule has 0 aliphatic carbocycles. The summed E-state index contributed by atoms with van der Waals surface area (Å²) in [6.45, 7) is 12.5. The molecule has 6 nitrogen and oxygen atoms in total. The first kappa shape index (κ1) is 23.0. The Bertz CT molecular complexity index is 1080. The van der Waals surface area contributed by atoms with Crippen molar-refractivity contribution in [3.8, 4) is 11.4 Å². The Morgan fingerprint density at radius 2 is 1.77 bits per heavy atom. The predicted molar refractivity (Wildman–Crippen MR) is 125 cm³/mol. The highest BCUT2D eigenvalue weighted by Crippen LogP contribution is 2.32. The number of ketones is 1. The lowest BCUT2D eigenvalue weighted by Gasteiger charge is -2.18. The van der Waals surface area contributed by atoms with E-state index in [0.717, 1.165) is 22.4 Å². The molecule has 0 saturated carbocycles. The normalized spacial score (nSPS) is 12.4. The number of methoxy groups -OCH3 is 1. The van der Waals surface area contributed by atoms with Crippen LogP contribution >= 0.6 is 11.8 Å². The van der Waals surface area contributed by atoms with Crippen LogP contribution in [-0.2, 0) is 0 Å². The summed E-state index contributed by atoms with van der Waals surface area (Å²) >= 11 is 1.35. The van der Waals surface area contributed by atoms with Crippen molar-refractivity contribution in [2.45, 2.75) is 63.8 Å². The summed E-state index contributed by atoms with van der Waals surface area (Å²) in [6, 6.07) is 12.0. The fourth-order valence-electron chi connectivity index (χ4n) is 3.44. The summed E-state index contributed by atoms with van der Waals surface area (Å²) in [5.41, 5.74) is 4.92. The highest BCUT2D eigenvalue weighted by Gasteiger charge is 2.24. The van der Waals surface area contributed by atoms with Crippen LogP contribution in [0, 0.1) is 6.92 Å². The van der Waals surface area contributed by atoms with E-state index in [1.54, 1.807) is 11.8 Å². The molecule has 7 heteroatoms. The molecule has 0 aliphatic heterocycles. The first-order valence-corrected chi connectivity index (χ1v) is 11.4. The number of aromatic nitrogens is 4. The van der Waals surface area contributed by atoms with Crippen LogP contribution < -0.4 is 4.74 Å². The maximum Gasteiger partial charge on any atom is 0.214 e. The van der Waals surface area contributed by atoms with Gasteiger partial charge >= 0.3 is 0 Å². The summed E-state index contributed by atoms with van der Waals surface area (Å²) in [6.07, 6.45) is 0. The van der Waals surface area contributed by atoms with Gasteiger partial charge < -0.3 is 4.74 Å². The van der Waals surface area contributed by atoms with E-state index in [1.807, 2.05) is 38.1 Å². The molecular weight excluding hydrogens is 408 g/mol. The monoisotopic (exact) mass is 438 g/mol. The van der Waals surface area contributed by atoms with Gasteiger partial charge in [-0.2, -0.15) is 4.68 Å². The van der Waals surface area contributed by atoms with Crippen LogP contribution in [0.4, 0.5) is 0 Å². The van der Waals surface area contributed by atoms with Crippen molar-refractivity contribution in [3.63, 3.8) is 0 Å². The van der Waals surface area contributed by atoms with E-state index in [4.69, 9.17) is 4.74 Å². The molecule has 3 aromatic rings. The minimum absolute atomic E-state index is 0.0785. The molecule has 0 saturated heterocycles. The van der Waals surface area contributed by atoms with Gasteiger partial charge in [0, 0.05) is 5.56 Å². The fraction of sp³-hybridized carbons (Fsp3) is 0.417. The number of thioether (sulfide) groups is 1. The van der Waals surface area contributed by atoms with Crippen molar-refractivity contribution < 1.29 is 9.53 Å². The summed E-state index contributed by atoms with van der Waals surface area (Å²) < 4.78 is 7.11. The quantitative estimate of drug-likeness (QED) is 0.337. The minimum atomic E-state index is -0.344. The smallest absolute Gasteiger partial charge is 0.214 e. The number of benzene rings is 2. The third kappa shape index (κ3) is 4.98. The topological polar surface area (TPSA) is 69.9 Å². The van der Waals surface area contributed by atoms with Crippen LogP contribution in [-0.4, -0.2) is 38.4 Å². The number of Topliss-reactive ketones (excluding diaryl/α,β-unsaturated/α-hetero) is 1. The van der Waals surface area contributed by atoms with Gasteiger partial charge in [0.15, 0.2) is 5.78 Å². The van der Waals surface area contributed by atoms with Gasteiger partial charge in [0.2, 0.25) is 5.16 Å². The Balaban J connectivity index is 1.91. The van der Waals surface area contributed by atoms with E-state index in [0.29, 0.717) is 16.8 Å². The number of rotatable bonds is 8.